The lowest BCUT2D eigenvalue weighted by Crippen LogP contribution is -2.07. The molecule has 1 heterocycles. The van der Waals surface area contributed by atoms with Crippen molar-refractivity contribution in [1.82, 2.24) is 9.97 Å². The quantitative estimate of drug-likeness (QED) is 0.791. The van der Waals surface area contributed by atoms with Gasteiger partial charge in [0, 0.05) is 0 Å². The van der Waals surface area contributed by atoms with E-state index in [4.69, 9.17) is 4.74 Å². The summed E-state index contributed by atoms with van der Waals surface area (Å²) >= 11 is 0. The van der Waals surface area contributed by atoms with E-state index >= 15 is 0 Å². The van der Waals surface area contributed by atoms with Crippen molar-refractivity contribution in [2.24, 2.45) is 0 Å². The molecule has 0 aliphatic heterocycles. The molecule has 0 spiro atoms. The number of benzene rings is 2. The zero-order chi connectivity index (χ0) is 14.1. The number of aromatic nitrogens is 2. The van der Waals surface area contributed by atoms with Crippen molar-refractivity contribution in [2.45, 2.75) is 0 Å². The number of nitrogens with one attached hydrogen (secondary N) is 1. The molecule has 0 bridgehead atoms. The molecule has 0 amide bonds. The molecule has 0 saturated carbocycles. The number of hydrogen-bond acceptors (Lipinski definition) is 3. The summed E-state index contributed by atoms with van der Waals surface area (Å²) in [6.07, 6.45) is 1.34. The first-order valence-corrected chi connectivity index (χ1v) is 6.00. The molecule has 3 rings (SSSR count). The molecule has 1 N–H and O–H groups in total. The summed E-state index contributed by atoms with van der Waals surface area (Å²) in [4.78, 5) is 18.5. The molecular formula is C15H12ClFN2O2. The Morgan fingerprint density at radius 2 is 1.86 bits per heavy atom. The van der Waals surface area contributed by atoms with Crippen LogP contribution in [0.4, 0.5) is 4.39 Å². The molecule has 21 heavy (non-hydrogen) atoms. The van der Waals surface area contributed by atoms with Crippen molar-refractivity contribution in [3.8, 4) is 16.9 Å². The predicted molar refractivity (Wildman–Crippen MR) is 81.6 cm³/mol. The van der Waals surface area contributed by atoms with Gasteiger partial charge in [0.2, 0.25) is 0 Å². The number of methoxy groups -OCH3 is 1. The van der Waals surface area contributed by atoms with E-state index in [0.29, 0.717) is 16.7 Å². The van der Waals surface area contributed by atoms with Crippen molar-refractivity contribution in [1.29, 1.82) is 0 Å². The van der Waals surface area contributed by atoms with Crippen LogP contribution in [0.1, 0.15) is 0 Å². The summed E-state index contributed by atoms with van der Waals surface area (Å²) in [5, 5.41) is 0.436. The molecule has 6 heteroatoms. The summed E-state index contributed by atoms with van der Waals surface area (Å²) in [7, 11) is 1.52. The minimum Gasteiger partial charge on any atom is -0.494 e. The van der Waals surface area contributed by atoms with Crippen molar-refractivity contribution in [3.05, 3.63) is 58.9 Å². The molecule has 3 aromatic rings. The highest BCUT2D eigenvalue weighted by molar-refractivity contribution is 5.89. The van der Waals surface area contributed by atoms with Crippen molar-refractivity contribution in [3.63, 3.8) is 0 Å². The van der Waals surface area contributed by atoms with Gasteiger partial charge in [0.25, 0.3) is 5.56 Å². The van der Waals surface area contributed by atoms with Gasteiger partial charge in [-0.15, -0.1) is 12.4 Å². The summed E-state index contributed by atoms with van der Waals surface area (Å²) in [5.41, 5.74) is 1.84. The molecule has 0 saturated heterocycles. The summed E-state index contributed by atoms with van der Waals surface area (Å²) in [6, 6.07) is 9.55. The first-order chi connectivity index (χ1) is 9.69. The summed E-state index contributed by atoms with van der Waals surface area (Å²) < 4.78 is 18.3. The molecule has 4 nitrogen and oxygen atoms in total. The lowest BCUT2D eigenvalue weighted by atomic mass is 10.0. The third-order valence-electron chi connectivity index (χ3n) is 3.11. The molecular weight excluding hydrogens is 295 g/mol. The molecule has 0 unspecified atom stereocenters. The van der Waals surface area contributed by atoms with Crippen LogP contribution in [-0.4, -0.2) is 17.1 Å². The van der Waals surface area contributed by atoms with E-state index in [2.05, 4.69) is 9.97 Å². The molecule has 0 atom stereocenters. The van der Waals surface area contributed by atoms with Gasteiger partial charge in [-0.1, -0.05) is 12.1 Å². The average Bonchev–Trinajstić information content (AvgIpc) is 2.47. The lowest BCUT2D eigenvalue weighted by Gasteiger charge is -2.08. The van der Waals surface area contributed by atoms with E-state index in [0.717, 1.165) is 11.1 Å². The van der Waals surface area contributed by atoms with Gasteiger partial charge in [-0.2, -0.15) is 0 Å². The fourth-order valence-corrected chi connectivity index (χ4v) is 2.11. The fraction of sp³-hybridized carbons (Fsp3) is 0.0667. The zero-order valence-corrected chi connectivity index (χ0v) is 11.9. The standard InChI is InChI=1S/C15H11FN2O2.ClH/c1-20-13-7-10(9-2-4-11(16)5-3-9)6-12-14(13)17-8-18-15(12)19;/h2-8H,1H3,(H,17,18,19);1H. The Morgan fingerprint density at radius 3 is 2.52 bits per heavy atom. The number of fused-ring (bicyclic) bond motifs is 1. The van der Waals surface area contributed by atoms with E-state index in [1.54, 1.807) is 24.3 Å². The van der Waals surface area contributed by atoms with Gasteiger partial charge in [0.05, 0.1) is 18.8 Å². The van der Waals surface area contributed by atoms with E-state index in [-0.39, 0.29) is 23.8 Å². The molecule has 0 fully saturated rings. The molecule has 0 radical (unpaired) electrons. The van der Waals surface area contributed by atoms with Crippen LogP contribution in [0.25, 0.3) is 22.0 Å². The minimum atomic E-state index is -0.305. The van der Waals surface area contributed by atoms with Gasteiger partial charge >= 0.3 is 0 Å². The molecule has 108 valence electrons. The number of aromatic amines is 1. The SMILES string of the molecule is COc1cc(-c2ccc(F)cc2)cc2c(=O)[nH]cnc12.Cl. The Kier molecular flexibility index (Phi) is 4.23. The van der Waals surface area contributed by atoms with Gasteiger partial charge in [-0.05, 0) is 35.4 Å². The number of hydrogen-bond donors (Lipinski definition) is 1. The number of H-pyrrole nitrogens is 1. The Labute approximate surface area is 126 Å². The fourth-order valence-electron chi connectivity index (χ4n) is 2.11. The summed E-state index contributed by atoms with van der Waals surface area (Å²) in [5.74, 6) is 0.203. The van der Waals surface area contributed by atoms with Gasteiger partial charge in [-0.3, -0.25) is 4.79 Å². The maximum absolute atomic E-state index is 13.0. The predicted octanol–water partition coefficient (Wildman–Crippen LogP) is 3.16. The molecule has 0 aliphatic rings. The second-order valence-corrected chi connectivity index (χ2v) is 4.31. The van der Waals surface area contributed by atoms with Crippen LogP contribution in [0.2, 0.25) is 0 Å². The van der Waals surface area contributed by atoms with Crippen molar-refractivity contribution >= 4 is 23.3 Å². The second kappa shape index (κ2) is 5.93. The minimum absolute atomic E-state index is 0. The highest BCUT2D eigenvalue weighted by Crippen LogP contribution is 2.29. The normalized spacial score (nSPS) is 10.2. The van der Waals surface area contributed by atoms with Crippen LogP contribution >= 0.6 is 12.4 Å². The zero-order valence-electron chi connectivity index (χ0n) is 11.1. The van der Waals surface area contributed by atoms with Crippen LogP contribution in [0, 0.1) is 5.82 Å². The highest BCUT2D eigenvalue weighted by atomic mass is 35.5. The highest BCUT2D eigenvalue weighted by Gasteiger charge is 2.10. The molecule has 1 aromatic heterocycles. The Hall–Kier alpha value is -2.40. The monoisotopic (exact) mass is 306 g/mol. The number of rotatable bonds is 2. The smallest absolute Gasteiger partial charge is 0.258 e. The Bertz CT molecular complexity index is 831. The van der Waals surface area contributed by atoms with Gasteiger partial charge in [0.15, 0.2) is 0 Å². The Morgan fingerprint density at radius 1 is 1.14 bits per heavy atom. The Balaban J connectivity index is 0.00000161. The third kappa shape index (κ3) is 2.73. The number of ether oxygens (including phenoxy) is 1. The van der Waals surface area contributed by atoms with E-state index in [9.17, 15) is 9.18 Å². The van der Waals surface area contributed by atoms with Crippen molar-refractivity contribution in [2.75, 3.05) is 7.11 Å². The van der Waals surface area contributed by atoms with E-state index in [1.807, 2.05) is 0 Å². The van der Waals surface area contributed by atoms with Gasteiger partial charge in [0.1, 0.15) is 17.1 Å². The largest absolute Gasteiger partial charge is 0.494 e. The summed E-state index contributed by atoms with van der Waals surface area (Å²) in [6.45, 7) is 0. The van der Waals surface area contributed by atoms with Crippen LogP contribution < -0.4 is 10.3 Å². The maximum atomic E-state index is 13.0. The molecule has 2 aromatic carbocycles. The first kappa shape index (κ1) is 15.0. The number of halogens is 2. The topological polar surface area (TPSA) is 55.0 Å². The molecule has 0 aliphatic carbocycles. The van der Waals surface area contributed by atoms with Crippen LogP contribution in [0.3, 0.4) is 0 Å². The average molecular weight is 307 g/mol. The van der Waals surface area contributed by atoms with Crippen molar-refractivity contribution < 1.29 is 9.13 Å². The van der Waals surface area contributed by atoms with Crippen LogP contribution in [0.5, 0.6) is 5.75 Å². The van der Waals surface area contributed by atoms with E-state index in [1.165, 1.54) is 25.6 Å². The van der Waals surface area contributed by atoms with Gasteiger partial charge in [-0.25, -0.2) is 9.37 Å². The lowest BCUT2D eigenvalue weighted by molar-refractivity contribution is 0.419. The first-order valence-electron chi connectivity index (χ1n) is 6.00. The maximum Gasteiger partial charge on any atom is 0.258 e. The number of nitrogens with zero attached hydrogens (tertiary/aromatic N) is 1. The third-order valence-corrected chi connectivity index (χ3v) is 3.11. The van der Waals surface area contributed by atoms with Gasteiger partial charge < -0.3 is 9.72 Å². The van der Waals surface area contributed by atoms with Crippen LogP contribution in [-0.2, 0) is 0 Å². The van der Waals surface area contributed by atoms with E-state index < -0.39 is 0 Å². The second-order valence-electron chi connectivity index (χ2n) is 4.31. The van der Waals surface area contributed by atoms with Crippen LogP contribution in [0.15, 0.2) is 47.5 Å².